The van der Waals surface area contributed by atoms with Crippen LogP contribution in [0.25, 0.3) is 73.6 Å². The van der Waals surface area contributed by atoms with Gasteiger partial charge in [0.25, 0.3) is 0 Å². The van der Waals surface area contributed by atoms with Crippen LogP contribution in [0.5, 0.6) is 0 Å². The van der Waals surface area contributed by atoms with E-state index in [-0.39, 0.29) is 0 Å². The van der Waals surface area contributed by atoms with Gasteiger partial charge in [-0.1, -0.05) is 127 Å². The third kappa shape index (κ3) is 4.52. The summed E-state index contributed by atoms with van der Waals surface area (Å²) >= 11 is 0. The summed E-state index contributed by atoms with van der Waals surface area (Å²) in [6.45, 7) is 0. The molecule has 0 aliphatic heterocycles. The van der Waals surface area contributed by atoms with Gasteiger partial charge in [-0.05, 0) is 47.5 Å². The number of fused-ring (bicyclic) bond motifs is 2. The SMILES string of the molecule is c1ccc(-c2ccc(-n3c(-n4c(-c5ccccc5)nc5ccccc54)nnc3-n3c(-c4ccccc4)nc4ccccc43)cc2)cc1. The highest BCUT2D eigenvalue weighted by atomic mass is 15.4. The van der Waals surface area contributed by atoms with Crippen LogP contribution >= 0.6 is 0 Å². The van der Waals surface area contributed by atoms with Gasteiger partial charge in [0.15, 0.2) is 0 Å². The first-order valence-electron chi connectivity index (χ1n) is 15.5. The Labute approximate surface area is 270 Å². The van der Waals surface area contributed by atoms with Crippen LogP contribution in [0.4, 0.5) is 0 Å². The quantitative estimate of drug-likeness (QED) is 0.190. The summed E-state index contributed by atoms with van der Waals surface area (Å²) in [5, 5.41) is 9.87. The minimum atomic E-state index is 0.622. The molecule has 7 heteroatoms. The van der Waals surface area contributed by atoms with Crippen molar-refractivity contribution in [1.82, 2.24) is 33.9 Å². The van der Waals surface area contributed by atoms with Crippen molar-refractivity contribution in [3.63, 3.8) is 0 Å². The van der Waals surface area contributed by atoms with Gasteiger partial charge in [-0.25, -0.2) is 14.5 Å². The molecule has 0 amide bonds. The van der Waals surface area contributed by atoms with E-state index in [0.29, 0.717) is 11.9 Å². The second kappa shape index (κ2) is 11.1. The summed E-state index contributed by atoms with van der Waals surface area (Å²) in [5.74, 6) is 2.81. The lowest BCUT2D eigenvalue weighted by Gasteiger charge is -2.16. The van der Waals surface area contributed by atoms with Crippen molar-refractivity contribution in [3.05, 3.63) is 164 Å². The van der Waals surface area contributed by atoms with Gasteiger partial charge >= 0.3 is 0 Å². The molecule has 9 rings (SSSR count). The van der Waals surface area contributed by atoms with E-state index in [2.05, 4.69) is 98.6 Å². The van der Waals surface area contributed by atoms with E-state index in [1.54, 1.807) is 0 Å². The molecule has 7 nitrogen and oxygen atoms in total. The van der Waals surface area contributed by atoms with E-state index in [1.165, 1.54) is 0 Å². The molecule has 0 atom stereocenters. The molecule has 0 radical (unpaired) electrons. The summed E-state index contributed by atoms with van der Waals surface area (Å²) in [5.41, 5.74) is 8.78. The average Bonchev–Trinajstić information content (AvgIpc) is 3.86. The number of nitrogens with zero attached hydrogens (tertiary/aromatic N) is 7. The molecule has 3 aromatic heterocycles. The van der Waals surface area contributed by atoms with E-state index in [4.69, 9.17) is 20.2 Å². The largest absolute Gasteiger partial charge is 0.260 e. The standard InChI is InChI=1S/C40H27N7/c1-4-14-28(15-5-1)29-24-26-32(27-25-29)45-39(46-35-22-12-10-20-33(35)41-37(46)30-16-6-2-7-17-30)43-44-40(45)47-36-23-13-11-21-34(36)42-38(47)31-18-8-3-9-19-31/h1-27H. The van der Waals surface area contributed by atoms with Gasteiger partial charge in [-0.15, -0.1) is 10.2 Å². The maximum atomic E-state index is 5.10. The van der Waals surface area contributed by atoms with Crippen LogP contribution in [-0.2, 0) is 0 Å². The van der Waals surface area contributed by atoms with Crippen molar-refractivity contribution in [1.29, 1.82) is 0 Å². The van der Waals surface area contributed by atoms with Crippen molar-refractivity contribution in [3.8, 4) is 51.5 Å². The number of rotatable bonds is 6. The van der Waals surface area contributed by atoms with Crippen LogP contribution in [-0.4, -0.2) is 33.9 Å². The predicted molar refractivity (Wildman–Crippen MR) is 187 cm³/mol. The van der Waals surface area contributed by atoms with E-state index < -0.39 is 0 Å². The van der Waals surface area contributed by atoms with Gasteiger partial charge in [0.1, 0.15) is 11.6 Å². The maximum Gasteiger partial charge on any atom is 0.243 e. The Balaban J connectivity index is 1.36. The Morgan fingerprint density at radius 3 is 1.17 bits per heavy atom. The zero-order chi connectivity index (χ0) is 31.2. The average molecular weight is 606 g/mol. The highest BCUT2D eigenvalue weighted by Gasteiger charge is 2.26. The topological polar surface area (TPSA) is 66.3 Å². The first-order valence-corrected chi connectivity index (χ1v) is 15.5. The van der Waals surface area contributed by atoms with Gasteiger partial charge in [-0.2, -0.15) is 0 Å². The number of hydrogen-bond donors (Lipinski definition) is 0. The third-order valence-corrected chi connectivity index (χ3v) is 8.45. The number of benzene rings is 6. The van der Waals surface area contributed by atoms with Crippen molar-refractivity contribution in [2.24, 2.45) is 0 Å². The van der Waals surface area contributed by atoms with Crippen LogP contribution in [0.3, 0.4) is 0 Å². The van der Waals surface area contributed by atoms with Gasteiger partial charge in [-0.3, -0.25) is 9.13 Å². The monoisotopic (exact) mass is 605 g/mol. The highest BCUT2D eigenvalue weighted by Crippen LogP contribution is 2.34. The summed E-state index contributed by atoms with van der Waals surface area (Å²) in [6, 6.07) is 55.7. The number of imidazole rings is 2. The third-order valence-electron chi connectivity index (χ3n) is 8.45. The van der Waals surface area contributed by atoms with Gasteiger partial charge in [0.2, 0.25) is 11.9 Å². The lowest BCUT2D eigenvalue weighted by Crippen LogP contribution is -2.11. The minimum Gasteiger partial charge on any atom is -0.260 e. The first-order chi connectivity index (χ1) is 23.3. The highest BCUT2D eigenvalue weighted by molar-refractivity contribution is 5.84. The van der Waals surface area contributed by atoms with Crippen LogP contribution in [0, 0.1) is 0 Å². The Hall–Kier alpha value is -6.60. The molecule has 0 saturated heterocycles. The molecule has 9 aromatic rings. The summed E-state index contributed by atoms with van der Waals surface area (Å²) < 4.78 is 6.32. The Bertz CT molecular complexity index is 2360. The summed E-state index contributed by atoms with van der Waals surface area (Å²) in [7, 11) is 0. The van der Waals surface area contributed by atoms with Crippen LogP contribution < -0.4 is 0 Å². The van der Waals surface area contributed by atoms with Gasteiger partial charge in [0.05, 0.1) is 27.8 Å². The summed E-state index contributed by atoms with van der Waals surface area (Å²) in [4.78, 5) is 10.2. The minimum absolute atomic E-state index is 0.622. The number of aromatic nitrogens is 7. The van der Waals surface area contributed by atoms with Crippen molar-refractivity contribution < 1.29 is 0 Å². The fourth-order valence-corrected chi connectivity index (χ4v) is 6.24. The first kappa shape index (κ1) is 26.8. The Kier molecular flexibility index (Phi) is 6.31. The maximum absolute atomic E-state index is 5.10. The normalized spacial score (nSPS) is 11.4. The molecule has 0 N–H and O–H groups in total. The molecule has 3 heterocycles. The fourth-order valence-electron chi connectivity index (χ4n) is 6.24. The lowest BCUT2D eigenvalue weighted by molar-refractivity contribution is 0.878. The lowest BCUT2D eigenvalue weighted by atomic mass is 10.1. The predicted octanol–water partition coefficient (Wildman–Crippen LogP) is 8.95. The van der Waals surface area contributed by atoms with Crippen molar-refractivity contribution in [2.75, 3.05) is 0 Å². The molecule has 0 aliphatic carbocycles. The van der Waals surface area contributed by atoms with E-state index >= 15 is 0 Å². The van der Waals surface area contributed by atoms with Gasteiger partial charge < -0.3 is 0 Å². The fraction of sp³-hybridized carbons (Fsp3) is 0. The van der Waals surface area contributed by atoms with Crippen molar-refractivity contribution in [2.45, 2.75) is 0 Å². The molecule has 0 aliphatic rings. The molecule has 0 fully saturated rings. The van der Waals surface area contributed by atoms with Crippen molar-refractivity contribution >= 4 is 22.1 Å². The molecular formula is C40H27N7. The van der Waals surface area contributed by atoms with Crippen LogP contribution in [0.15, 0.2) is 164 Å². The van der Waals surface area contributed by atoms with Gasteiger partial charge in [0, 0.05) is 11.1 Å². The number of para-hydroxylation sites is 4. The van der Waals surface area contributed by atoms with E-state index in [0.717, 1.165) is 61.7 Å². The molecule has 0 unspecified atom stereocenters. The van der Waals surface area contributed by atoms with E-state index in [9.17, 15) is 0 Å². The molecule has 0 saturated carbocycles. The Morgan fingerprint density at radius 1 is 0.319 bits per heavy atom. The summed E-state index contributed by atoms with van der Waals surface area (Å²) in [6.07, 6.45) is 0. The molecular weight excluding hydrogens is 578 g/mol. The molecule has 222 valence electrons. The van der Waals surface area contributed by atoms with Crippen LogP contribution in [0.2, 0.25) is 0 Å². The van der Waals surface area contributed by atoms with E-state index in [1.807, 2.05) is 78.9 Å². The number of hydrogen-bond acceptors (Lipinski definition) is 4. The second-order valence-corrected chi connectivity index (χ2v) is 11.3. The molecule has 0 bridgehead atoms. The second-order valence-electron chi connectivity index (χ2n) is 11.3. The zero-order valence-corrected chi connectivity index (χ0v) is 25.2. The molecule has 0 spiro atoms. The van der Waals surface area contributed by atoms with Crippen LogP contribution in [0.1, 0.15) is 0 Å². The Morgan fingerprint density at radius 2 is 0.702 bits per heavy atom. The zero-order valence-electron chi connectivity index (χ0n) is 25.2. The molecule has 6 aromatic carbocycles. The smallest absolute Gasteiger partial charge is 0.243 e. The molecule has 47 heavy (non-hydrogen) atoms.